The van der Waals surface area contributed by atoms with Gasteiger partial charge in [0.2, 0.25) is 0 Å². The van der Waals surface area contributed by atoms with E-state index in [9.17, 15) is 9.59 Å². The summed E-state index contributed by atoms with van der Waals surface area (Å²) in [4.78, 5) is 22.5. The fourth-order valence-electron chi connectivity index (χ4n) is 1.14. The van der Waals surface area contributed by atoms with Gasteiger partial charge in [-0.3, -0.25) is 10.1 Å². The molecular weight excluding hydrogens is 234 g/mol. The van der Waals surface area contributed by atoms with Gasteiger partial charge in [0.1, 0.15) is 5.75 Å². The van der Waals surface area contributed by atoms with E-state index in [0.717, 1.165) is 5.56 Å². The minimum Gasteiger partial charge on any atom is -0.444 e. The van der Waals surface area contributed by atoms with Crippen LogP contribution in [-0.4, -0.2) is 18.8 Å². The molecular formula is C13H17NO4. The molecule has 0 heterocycles. The Kier molecular flexibility index (Phi) is 5.17. The largest absolute Gasteiger partial charge is 0.444 e. The Bertz CT molecular complexity index is 429. The van der Waals surface area contributed by atoms with Gasteiger partial charge >= 0.3 is 12.1 Å². The number of carbonyl (C=O) groups excluding carboxylic acids is 2. The van der Waals surface area contributed by atoms with Gasteiger partial charge in [-0.1, -0.05) is 32.0 Å². The average molecular weight is 251 g/mol. The number of hydrogen-bond donors (Lipinski definition) is 1. The Morgan fingerprint density at radius 3 is 2.56 bits per heavy atom. The van der Waals surface area contributed by atoms with Crippen LogP contribution >= 0.6 is 0 Å². The summed E-state index contributed by atoms with van der Waals surface area (Å²) in [5.74, 6) is -0.115. The molecule has 98 valence electrons. The molecule has 1 aromatic rings. The van der Waals surface area contributed by atoms with E-state index in [-0.39, 0.29) is 18.6 Å². The fraction of sp³-hybridized carbons (Fsp3) is 0.385. The molecule has 0 bridgehead atoms. The van der Waals surface area contributed by atoms with Crippen molar-refractivity contribution in [3.63, 3.8) is 0 Å². The van der Waals surface area contributed by atoms with Crippen LogP contribution in [0.25, 0.3) is 0 Å². The SMILES string of the molecule is Cc1ccccc1OC(=O)NCOC(=O)C(C)C. The van der Waals surface area contributed by atoms with Crippen molar-refractivity contribution < 1.29 is 19.1 Å². The summed E-state index contributed by atoms with van der Waals surface area (Å²) in [6, 6.07) is 7.15. The highest BCUT2D eigenvalue weighted by Crippen LogP contribution is 2.15. The van der Waals surface area contributed by atoms with Crippen molar-refractivity contribution in [2.45, 2.75) is 20.8 Å². The first-order chi connectivity index (χ1) is 8.50. The van der Waals surface area contributed by atoms with Gasteiger partial charge in [-0.25, -0.2) is 4.79 Å². The number of ether oxygens (including phenoxy) is 2. The molecule has 0 aliphatic heterocycles. The van der Waals surface area contributed by atoms with Gasteiger partial charge in [0, 0.05) is 0 Å². The Hall–Kier alpha value is -2.04. The zero-order valence-electron chi connectivity index (χ0n) is 10.7. The third-order valence-electron chi connectivity index (χ3n) is 2.20. The van der Waals surface area contributed by atoms with Gasteiger partial charge in [0.15, 0.2) is 6.73 Å². The van der Waals surface area contributed by atoms with Gasteiger partial charge in [-0.15, -0.1) is 0 Å². The van der Waals surface area contributed by atoms with Crippen molar-refractivity contribution in [2.75, 3.05) is 6.73 Å². The fourth-order valence-corrected chi connectivity index (χ4v) is 1.14. The van der Waals surface area contributed by atoms with E-state index < -0.39 is 6.09 Å². The molecule has 1 aromatic carbocycles. The first-order valence-corrected chi connectivity index (χ1v) is 5.68. The summed E-state index contributed by atoms with van der Waals surface area (Å²) in [5, 5.41) is 2.34. The molecule has 1 N–H and O–H groups in total. The van der Waals surface area contributed by atoms with Gasteiger partial charge in [-0.05, 0) is 18.6 Å². The van der Waals surface area contributed by atoms with E-state index >= 15 is 0 Å². The smallest absolute Gasteiger partial charge is 0.415 e. The number of esters is 1. The van der Waals surface area contributed by atoms with E-state index in [4.69, 9.17) is 9.47 Å². The van der Waals surface area contributed by atoms with E-state index in [1.54, 1.807) is 26.0 Å². The number of rotatable bonds is 4. The molecule has 0 aromatic heterocycles. The van der Waals surface area contributed by atoms with Crippen molar-refractivity contribution in [1.82, 2.24) is 5.32 Å². The predicted octanol–water partition coefficient (Wildman–Crippen LogP) is 2.24. The highest BCUT2D eigenvalue weighted by molar-refractivity contribution is 5.73. The Morgan fingerprint density at radius 1 is 1.28 bits per heavy atom. The Morgan fingerprint density at radius 2 is 1.94 bits per heavy atom. The maximum absolute atomic E-state index is 11.4. The first kappa shape index (κ1) is 14.0. The van der Waals surface area contributed by atoms with Crippen molar-refractivity contribution in [3.05, 3.63) is 29.8 Å². The second-order valence-corrected chi connectivity index (χ2v) is 4.09. The second kappa shape index (κ2) is 6.64. The van der Waals surface area contributed by atoms with E-state index in [2.05, 4.69) is 5.32 Å². The minimum atomic E-state index is -0.652. The van der Waals surface area contributed by atoms with Crippen LogP contribution in [-0.2, 0) is 9.53 Å². The van der Waals surface area contributed by atoms with Crippen LogP contribution < -0.4 is 10.1 Å². The number of benzene rings is 1. The molecule has 0 saturated heterocycles. The molecule has 5 heteroatoms. The normalized spacial score (nSPS) is 10.0. The van der Waals surface area contributed by atoms with Crippen LogP contribution in [0.2, 0.25) is 0 Å². The van der Waals surface area contributed by atoms with E-state index in [1.165, 1.54) is 0 Å². The minimum absolute atomic E-state index is 0.193. The number of amides is 1. The molecule has 0 radical (unpaired) electrons. The molecule has 0 unspecified atom stereocenters. The molecule has 0 saturated carbocycles. The van der Waals surface area contributed by atoms with Gasteiger partial charge < -0.3 is 9.47 Å². The molecule has 0 atom stereocenters. The van der Waals surface area contributed by atoms with Crippen LogP contribution in [0, 0.1) is 12.8 Å². The molecule has 1 amide bonds. The summed E-state index contributed by atoms with van der Waals surface area (Å²) in [5.41, 5.74) is 0.854. The van der Waals surface area contributed by atoms with Crippen molar-refractivity contribution in [1.29, 1.82) is 0 Å². The summed E-state index contributed by atoms with van der Waals surface area (Å²) >= 11 is 0. The zero-order chi connectivity index (χ0) is 13.5. The number of para-hydroxylation sites is 1. The van der Waals surface area contributed by atoms with Gasteiger partial charge in [-0.2, -0.15) is 0 Å². The summed E-state index contributed by atoms with van der Waals surface area (Å²) in [6.07, 6.45) is -0.652. The maximum atomic E-state index is 11.4. The van der Waals surface area contributed by atoms with Crippen LogP contribution in [0.3, 0.4) is 0 Å². The molecule has 18 heavy (non-hydrogen) atoms. The Labute approximate surface area is 106 Å². The van der Waals surface area contributed by atoms with Crippen LogP contribution in [0.4, 0.5) is 4.79 Å². The molecule has 1 rings (SSSR count). The van der Waals surface area contributed by atoms with Crippen LogP contribution in [0.1, 0.15) is 19.4 Å². The summed E-state index contributed by atoms with van der Waals surface area (Å²) in [7, 11) is 0. The summed E-state index contributed by atoms with van der Waals surface area (Å²) in [6.45, 7) is 5.07. The molecule has 0 aliphatic carbocycles. The van der Waals surface area contributed by atoms with Crippen molar-refractivity contribution in [2.24, 2.45) is 5.92 Å². The number of carbonyl (C=O) groups is 2. The molecule has 0 fully saturated rings. The molecule has 0 spiro atoms. The third kappa shape index (κ3) is 4.45. The lowest BCUT2D eigenvalue weighted by Gasteiger charge is -2.10. The first-order valence-electron chi connectivity index (χ1n) is 5.68. The van der Waals surface area contributed by atoms with Crippen molar-refractivity contribution >= 4 is 12.1 Å². The van der Waals surface area contributed by atoms with E-state index in [0.29, 0.717) is 5.75 Å². The predicted molar refractivity (Wildman–Crippen MR) is 66.1 cm³/mol. The van der Waals surface area contributed by atoms with Gasteiger partial charge in [0.25, 0.3) is 0 Å². The van der Waals surface area contributed by atoms with Crippen LogP contribution in [0.15, 0.2) is 24.3 Å². The standard InChI is InChI=1S/C13H17NO4/c1-9(2)12(15)17-8-14-13(16)18-11-7-5-4-6-10(11)3/h4-7,9H,8H2,1-3H3,(H,14,16). The summed E-state index contributed by atoms with van der Waals surface area (Å²) < 4.78 is 9.84. The quantitative estimate of drug-likeness (QED) is 0.658. The average Bonchev–Trinajstić information content (AvgIpc) is 2.32. The number of aryl methyl sites for hydroxylation is 1. The van der Waals surface area contributed by atoms with E-state index in [1.807, 2.05) is 19.1 Å². The molecule has 5 nitrogen and oxygen atoms in total. The second-order valence-electron chi connectivity index (χ2n) is 4.09. The lowest BCUT2D eigenvalue weighted by atomic mass is 10.2. The molecule has 0 aliphatic rings. The third-order valence-corrected chi connectivity index (χ3v) is 2.20. The van der Waals surface area contributed by atoms with Crippen molar-refractivity contribution in [3.8, 4) is 5.75 Å². The number of nitrogens with one attached hydrogen (secondary N) is 1. The highest BCUT2D eigenvalue weighted by atomic mass is 16.6. The van der Waals surface area contributed by atoms with Gasteiger partial charge in [0.05, 0.1) is 5.92 Å². The Balaban J connectivity index is 2.35. The number of hydrogen-bond acceptors (Lipinski definition) is 4. The monoisotopic (exact) mass is 251 g/mol. The topological polar surface area (TPSA) is 64.6 Å². The van der Waals surface area contributed by atoms with Crippen LogP contribution in [0.5, 0.6) is 5.75 Å². The maximum Gasteiger partial charge on any atom is 0.415 e. The highest BCUT2D eigenvalue weighted by Gasteiger charge is 2.10. The zero-order valence-corrected chi connectivity index (χ0v) is 10.7. The lowest BCUT2D eigenvalue weighted by molar-refractivity contribution is -0.147. The lowest BCUT2D eigenvalue weighted by Crippen LogP contribution is -2.31.